The Labute approximate surface area is 77.2 Å². The third-order valence-electron chi connectivity index (χ3n) is 1.13. The summed E-state index contributed by atoms with van der Waals surface area (Å²) in [6, 6.07) is 1.79. The van der Waals surface area contributed by atoms with Crippen LogP contribution in [0.1, 0.15) is 20.8 Å². The highest BCUT2D eigenvalue weighted by atomic mass is 35.5. The number of rotatable bonds is 1. The van der Waals surface area contributed by atoms with E-state index in [9.17, 15) is 0 Å². The molecule has 3 nitrogen and oxygen atoms in total. The second-order valence-electron chi connectivity index (χ2n) is 3.59. The van der Waals surface area contributed by atoms with Gasteiger partial charge in [0, 0.05) is 11.7 Å². The van der Waals surface area contributed by atoms with Crippen LogP contribution in [0, 0.1) is 0 Å². The van der Waals surface area contributed by atoms with Gasteiger partial charge in [0.25, 0.3) is 0 Å². The summed E-state index contributed by atoms with van der Waals surface area (Å²) in [4.78, 5) is 7.79. The first-order valence-corrected chi connectivity index (χ1v) is 4.12. The van der Waals surface area contributed by atoms with Gasteiger partial charge in [0.1, 0.15) is 5.82 Å². The fourth-order valence-electron chi connectivity index (χ4n) is 0.789. The first-order valence-electron chi connectivity index (χ1n) is 3.74. The van der Waals surface area contributed by atoms with Gasteiger partial charge in [-0.1, -0.05) is 0 Å². The van der Waals surface area contributed by atoms with E-state index in [1.54, 1.807) is 12.3 Å². The molecule has 1 rings (SSSR count). The van der Waals surface area contributed by atoms with Gasteiger partial charge in [-0.3, -0.25) is 0 Å². The molecule has 0 saturated heterocycles. The summed E-state index contributed by atoms with van der Waals surface area (Å²) in [5.74, 6) is 0.752. The predicted octanol–water partition coefficient (Wildman–Crippen LogP) is 2.34. The average Bonchev–Trinajstić information content (AvgIpc) is 1.82. The van der Waals surface area contributed by atoms with E-state index in [2.05, 4.69) is 36.1 Å². The van der Waals surface area contributed by atoms with E-state index in [4.69, 9.17) is 11.6 Å². The van der Waals surface area contributed by atoms with Crippen molar-refractivity contribution in [1.82, 2.24) is 9.97 Å². The molecule has 0 saturated carbocycles. The molecule has 66 valence electrons. The topological polar surface area (TPSA) is 37.8 Å². The van der Waals surface area contributed by atoms with E-state index >= 15 is 0 Å². The molecule has 0 unspecified atom stereocenters. The summed E-state index contributed by atoms with van der Waals surface area (Å²) >= 11 is 5.61. The molecule has 0 spiro atoms. The van der Waals surface area contributed by atoms with Gasteiger partial charge in [0.05, 0.1) is 0 Å². The summed E-state index contributed by atoms with van der Waals surface area (Å²) in [5.41, 5.74) is -0.00230. The highest BCUT2D eigenvalue weighted by Gasteiger charge is 2.09. The van der Waals surface area contributed by atoms with Crippen molar-refractivity contribution in [3.05, 3.63) is 17.5 Å². The zero-order valence-corrected chi connectivity index (χ0v) is 8.18. The maximum atomic E-state index is 5.61. The third kappa shape index (κ3) is 3.05. The Hall–Kier alpha value is -0.830. The van der Waals surface area contributed by atoms with Gasteiger partial charge >= 0.3 is 0 Å². The van der Waals surface area contributed by atoms with Crippen molar-refractivity contribution in [3.63, 3.8) is 0 Å². The maximum Gasteiger partial charge on any atom is 0.224 e. The van der Waals surface area contributed by atoms with Gasteiger partial charge in [0.15, 0.2) is 0 Å². The summed E-state index contributed by atoms with van der Waals surface area (Å²) in [6.45, 7) is 6.18. The summed E-state index contributed by atoms with van der Waals surface area (Å²) < 4.78 is 0. The van der Waals surface area contributed by atoms with E-state index in [0.29, 0.717) is 0 Å². The zero-order valence-electron chi connectivity index (χ0n) is 7.43. The highest BCUT2D eigenvalue weighted by molar-refractivity contribution is 6.28. The van der Waals surface area contributed by atoms with Gasteiger partial charge in [-0.2, -0.15) is 0 Å². The lowest BCUT2D eigenvalue weighted by Crippen LogP contribution is -2.26. The van der Waals surface area contributed by atoms with Crippen LogP contribution in [-0.2, 0) is 0 Å². The molecule has 0 amide bonds. The number of hydrogen-bond donors (Lipinski definition) is 1. The van der Waals surface area contributed by atoms with Crippen molar-refractivity contribution in [3.8, 4) is 0 Å². The Morgan fingerprint density at radius 3 is 2.58 bits per heavy atom. The Balaban J connectivity index is 2.77. The molecule has 1 aromatic rings. The molecule has 0 bridgehead atoms. The first-order chi connectivity index (χ1) is 5.47. The number of nitrogens with one attached hydrogen (secondary N) is 1. The average molecular weight is 186 g/mol. The predicted molar refractivity (Wildman–Crippen MR) is 50.4 cm³/mol. The SMILES string of the molecule is CC(C)(C)Nc1ccnc(Cl)n1. The van der Waals surface area contributed by atoms with Crippen molar-refractivity contribution in [2.45, 2.75) is 26.3 Å². The Bertz CT molecular complexity index is 267. The van der Waals surface area contributed by atoms with Crippen LogP contribution in [0.15, 0.2) is 12.3 Å². The van der Waals surface area contributed by atoms with Crippen LogP contribution in [-0.4, -0.2) is 15.5 Å². The van der Waals surface area contributed by atoms with Gasteiger partial charge in [-0.15, -0.1) is 0 Å². The second kappa shape index (κ2) is 3.27. The minimum absolute atomic E-state index is 0.00230. The maximum absolute atomic E-state index is 5.61. The molecular formula is C8H12ClN3. The minimum Gasteiger partial charge on any atom is -0.365 e. The molecule has 0 aromatic carbocycles. The van der Waals surface area contributed by atoms with Gasteiger partial charge in [0.2, 0.25) is 5.28 Å². The Morgan fingerprint density at radius 1 is 1.42 bits per heavy atom. The fraction of sp³-hybridized carbons (Fsp3) is 0.500. The molecule has 4 heteroatoms. The minimum atomic E-state index is -0.00230. The third-order valence-corrected chi connectivity index (χ3v) is 1.31. The van der Waals surface area contributed by atoms with Gasteiger partial charge < -0.3 is 5.32 Å². The van der Waals surface area contributed by atoms with Crippen LogP contribution in [0.3, 0.4) is 0 Å². The first kappa shape index (κ1) is 9.26. The number of anilines is 1. The van der Waals surface area contributed by atoms with Crippen molar-refractivity contribution >= 4 is 17.4 Å². The van der Waals surface area contributed by atoms with Gasteiger partial charge in [-0.05, 0) is 38.4 Å². The smallest absolute Gasteiger partial charge is 0.224 e. The lowest BCUT2D eigenvalue weighted by atomic mass is 10.1. The number of aromatic nitrogens is 2. The number of halogens is 1. The van der Waals surface area contributed by atoms with Crippen molar-refractivity contribution in [1.29, 1.82) is 0 Å². The lowest BCUT2D eigenvalue weighted by Gasteiger charge is -2.20. The van der Waals surface area contributed by atoms with E-state index in [-0.39, 0.29) is 10.8 Å². The monoisotopic (exact) mass is 185 g/mol. The van der Waals surface area contributed by atoms with Crippen molar-refractivity contribution in [2.24, 2.45) is 0 Å². The molecule has 1 N–H and O–H groups in total. The quantitative estimate of drug-likeness (QED) is 0.683. The second-order valence-corrected chi connectivity index (χ2v) is 3.92. The van der Waals surface area contributed by atoms with Crippen LogP contribution in [0.4, 0.5) is 5.82 Å². The van der Waals surface area contributed by atoms with Crippen molar-refractivity contribution in [2.75, 3.05) is 5.32 Å². The summed E-state index contributed by atoms with van der Waals surface area (Å²) in [6.07, 6.45) is 1.63. The Morgan fingerprint density at radius 2 is 2.08 bits per heavy atom. The van der Waals surface area contributed by atoms with E-state index in [1.807, 2.05) is 0 Å². The molecule has 0 radical (unpaired) electrons. The highest BCUT2D eigenvalue weighted by Crippen LogP contribution is 2.12. The molecule has 1 heterocycles. The Kier molecular flexibility index (Phi) is 2.52. The van der Waals surface area contributed by atoms with Crippen molar-refractivity contribution < 1.29 is 0 Å². The molecule has 1 aromatic heterocycles. The molecular weight excluding hydrogens is 174 g/mol. The largest absolute Gasteiger partial charge is 0.365 e. The van der Waals surface area contributed by atoms with Gasteiger partial charge in [-0.25, -0.2) is 9.97 Å². The fourth-order valence-corrected chi connectivity index (χ4v) is 0.936. The standard InChI is InChI=1S/C8H12ClN3/c1-8(2,3)12-6-4-5-10-7(9)11-6/h4-5H,1-3H3,(H,10,11,12). The number of hydrogen-bond acceptors (Lipinski definition) is 3. The van der Waals surface area contributed by atoms with Crippen LogP contribution in [0.2, 0.25) is 5.28 Å². The van der Waals surface area contributed by atoms with Crippen LogP contribution < -0.4 is 5.32 Å². The zero-order chi connectivity index (χ0) is 9.19. The molecule has 0 aliphatic rings. The molecule has 0 aliphatic heterocycles. The summed E-state index contributed by atoms with van der Waals surface area (Å²) in [5, 5.41) is 3.45. The molecule has 0 fully saturated rings. The number of nitrogens with zero attached hydrogens (tertiary/aromatic N) is 2. The van der Waals surface area contributed by atoms with E-state index in [0.717, 1.165) is 5.82 Å². The normalized spacial score (nSPS) is 11.3. The van der Waals surface area contributed by atoms with Crippen LogP contribution in [0.25, 0.3) is 0 Å². The molecule has 0 atom stereocenters. The molecule has 12 heavy (non-hydrogen) atoms. The van der Waals surface area contributed by atoms with E-state index in [1.165, 1.54) is 0 Å². The summed E-state index contributed by atoms with van der Waals surface area (Å²) in [7, 11) is 0. The van der Waals surface area contributed by atoms with Crippen LogP contribution in [0.5, 0.6) is 0 Å². The van der Waals surface area contributed by atoms with Crippen LogP contribution >= 0.6 is 11.6 Å². The van der Waals surface area contributed by atoms with E-state index < -0.39 is 0 Å². The lowest BCUT2D eigenvalue weighted by molar-refractivity contribution is 0.630. The molecule has 0 aliphatic carbocycles.